The second-order valence-corrected chi connectivity index (χ2v) is 9.00. The Hall–Kier alpha value is -4.02. The SMILES string of the molecule is COc1cc(OC)c(C=CC(=O)Nc2cc(S(=O)(=O)O)c(-c3ccccc3OC)cc2C)c(OC)c1. The number of carbonyl (C=O) groups is 1. The van der Waals surface area contributed by atoms with Crippen LogP contribution in [-0.4, -0.2) is 47.3 Å². The van der Waals surface area contributed by atoms with E-state index >= 15 is 0 Å². The molecule has 1 amide bonds. The van der Waals surface area contributed by atoms with E-state index in [1.54, 1.807) is 49.4 Å². The van der Waals surface area contributed by atoms with Crippen LogP contribution in [0.4, 0.5) is 5.69 Å². The first kappa shape index (κ1) is 26.6. The van der Waals surface area contributed by atoms with Crippen molar-refractivity contribution in [3.63, 3.8) is 0 Å². The highest BCUT2D eigenvalue weighted by atomic mass is 32.2. The molecule has 0 fully saturated rings. The van der Waals surface area contributed by atoms with Gasteiger partial charge >= 0.3 is 0 Å². The molecule has 0 saturated heterocycles. The van der Waals surface area contributed by atoms with Gasteiger partial charge in [-0.05, 0) is 36.8 Å². The summed E-state index contributed by atoms with van der Waals surface area (Å²) in [5.41, 5.74) is 2.02. The van der Waals surface area contributed by atoms with E-state index in [0.29, 0.717) is 39.7 Å². The third kappa shape index (κ3) is 5.78. The van der Waals surface area contributed by atoms with Gasteiger partial charge < -0.3 is 24.3 Å². The van der Waals surface area contributed by atoms with E-state index in [1.807, 2.05) is 0 Å². The Bertz CT molecular complexity index is 1390. The molecule has 0 bridgehead atoms. The molecule has 190 valence electrons. The minimum atomic E-state index is -4.63. The Morgan fingerprint density at radius 3 is 2.03 bits per heavy atom. The third-order valence-electron chi connectivity index (χ3n) is 5.41. The van der Waals surface area contributed by atoms with Crippen LogP contribution in [0, 0.1) is 6.92 Å². The lowest BCUT2D eigenvalue weighted by atomic mass is 10.0. The van der Waals surface area contributed by atoms with Gasteiger partial charge in [0.1, 0.15) is 27.9 Å². The van der Waals surface area contributed by atoms with Crippen molar-refractivity contribution >= 4 is 27.8 Å². The number of hydrogen-bond donors (Lipinski definition) is 2. The van der Waals surface area contributed by atoms with E-state index in [1.165, 1.54) is 46.7 Å². The van der Waals surface area contributed by atoms with Crippen LogP contribution in [0.5, 0.6) is 23.0 Å². The van der Waals surface area contributed by atoms with Crippen molar-refractivity contribution in [1.82, 2.24) is 0 Å². The number of anilines is 1. The normalized spacial score (nSPS) is 11.3. The molecule has 0 radical (unpaired) electrons. The summed E-state index contributed by atoms with van der Waals surface area (Å²) in [5, 5.41) is 2.66. The van der Waals surface area contributed by atoms with E-state index < -0.39 is 16.0 Å². The van der Waals surface area contributed by atoms with Crippen molar-refractivity contribution < 1.29 is 36.7 Å². The number of rotatable bonds is 9. The summed E-state index contributed by atoms with van der Waals surface area (Å²) in [5.74, 6) is 1.28. The zero-order valence-electron chi connectivity index (χ0n) is 20.5. The molecule has 0 spiro atoms. The number of aryl methyl sites for hydroxylation is 1. The first-order valence-corrected chi connectivity index (χ1v) is 12.1. The minimum Gasteiger partial charge on any atom is -0.496 e. The molecule has 0 saturated carbocycles. The molecule has 0 unspecified atom stereocenters. The lowest BCUT2D eigenvalue weighted by Crippen LogP contribution is -2.11. The van der Waals surface area contributed by atoms with E-state index in [2.05, 4.69) is 5.32 Å². The molecule has 0 aliphatic heterocycles. The van der Waals surface area contributed by atoms with Crippen molar-refractivity contribution in [3.05, 3.63) is 65.7 Å². The molecule has 2 N–H and O–H groups in total. The molecule has 3 rings (SSSR count). The van der Waals surface area contributed by atoms with E-state index in [4.69, 9.17) is 18.9 Å². The van der Waals surface area contributed by atoms with Crippen molar-refractivity contribution in [1.29, 1.82) is 0 Å². The number of amides is 1. The van der Waals surface area contributed by atoms with Crippen molar-refractivity contribution in [2.24, 2.45) is 0 Å². The van der Waals surface area contributed by atoms with Gasteiger partial charge in [0.2, 0.25) is 5.91 Å². The maximum Gasteiger partial charge on any atom is 0.295 e. The van der Waals surface area contributed by atoms with Gasteiger partial charge in [0.25, 0.3) is 10.1 Å². The quantitative estimate of drug-likeness (QED) is 0.315. The van der Waals surface area contributed by atoms with Crippen LogP contribution in [0.15, 0.2) is 59.5 Å². The zero-order valence-corrected chi connectivity index (χ0v) is 21.3. The number of methoxy groups -OCH3 is 4. The molecule has 0 aliphatic carbocycles. The highest BCUT2D eigenvalue weighted by molar-refractivity contribution is 7.86. The van der Waals surface area contributed by atoms with Crippen LogP contribution in [-0.2, 0) is 14.9 Å². The summed E-state index contributed by atoms with van der Waals surface area (Å²) < 4.78 is 55.7. The second kappa shape index (κ2) is 11.1. The minimum absolute atomic E-state index is 0.213. The number of nitrogens with one attached hydrogen (secondary N) is 1. The molecule has 0 aromatic heterocycles. The fourth-order valence-electron chi connectivity index (χ4n) is 3.64. The smallest absolute Gasteiger partial charge is 0.295 e. The third-order valence-corrected chi connectivity index (χ3v) is 6.31. The predicted molar refractivity (Wildman–Crippen MR) is 137 cm³/mol. The number of carbonyl (C=O) groups excluding carboxylic acids is 1. The molecule has 10 heteroatoms. The molecule has 9 nitrogen and oxygen atoms in total. The van der Waals surface area contributed by atoms with Crippen molar-refractivity contribution in [2.45, 2.75) is 11.8 Å². The van der Waals surface area contributed by atoms with Gasteiger partial charge in [-0.15, -0.1) is 0 Å². The molecule has 3 aromatic rings. The Kier molecular flexibility index (Phi) is 8.23. The topological polar surface area (TPSA) is 120 Å². The van der Waals surface area contributed by atoms with Crippen molar-refractivity contribution in [3.8, 4) is 34.1 Å². The van der Waals surface area contributed by atoms with Gasteiger partial charge in [-0.25, -0.2) is 0 Å². The Morgan fingerprint density at radius 1 is 0.861 bits per heavy atom. The van der Waals surface area contributed by atoms with Gasteiger partial charge in [0, 0.05) is 35.0 Å². The maximum absolute atomic E-state index is 12.7. The van der Waals surface area contributed by atoms with Gasteiger partial charge in [-0.1, -0.05) is 18.2 Å². The number of para-hydroxylation sites is 1. The van der Waals surface area contributed by atoms with Gasteiger partial charge in [0.15, 0.2) is 0 Å². The monoisotopic (exact) mass is 513 g/mol. The number of ether oxygens (including phenoxy) is 4. The zero-order chi connectivity index (χ0) is 26.5. The summed E-state index contributed by atoms with van der Waals surface area (Å²) in [7, 11) is 1.31. The number of hydrogen-bond acceptors (Lipinski definition) is 7. The molecule has 0 aliphatic rings. The molecule has 0 heterocycles. The number of benzene rings is 3. The summed E-state index contributed by atoms with van der Waals surface area (Å²) in [6, 6.07) is 12.9. The van der Waals surface area contributed by atoms with E-state index in [0.717, 1.165) is 0 Å². The van der Waals surface area contributed by atoms with Crippen LogP contribution < -0.4 is 24.3 Å². The average Bonchev–Trinajstić information content (AvgIpc) is 2.87. The lowest BCUT2D eigenvalue weighted by molar-refractivity contribution is -0.111. The Morgan fingerprint density at radius 2 is 1.47 bits per heavy atom. The van der Waals surface area contributed by atoms with Crippen LogP contribution in [0.1, 0.15) is 11.1 Å². The van der Waals surface area contributed by atoms with Crippen LogP contribution in [0.3, 0.4) is 0 Å². The average molecular weight is 514 g/mol. The van der Waals surface area contributed by atoms with Gasteiger partial charge in [-0.3, -0.25) is 9.35 Å². The fraction of sp³-hybridized carbons (Fsp3) is 0.192. The summed E-state index contributed by atoms with van der Waals surface area (Å²) >= 11 is 0. The Labute approximate surface area is 210 Å². The van der Waals surface area contributed by atoms with E-state index in [-0.39, 0.29) is 16.1 Å². The predicted octanol–water partition coefficient (Wildman–Crippen LogP) is 4.60. The van der Waals surface area contributed by atoms with Crippen LogP contribution in [0.2, 0.25) is 0 Å². The maximum atomic E-state index is 12.7. The molecule has 36 heavy (non-hydrogen) atoms. The van der Waals surface area contributed by atoms with Crippen LogP contribution >= 0.6 is 0 Å². The summed E-state index contributed by atoms with van der Waals surface area (Å²) in [6.45, 7) is 1.71. The highest BCUT2D eigenvalue weighted by Crippen LogP contribution is 2.38. The van der Waals surface area contributed by atoms with Crippen LogP contribution in [0.25, 0.3) is 17.2 Å². The lowest BCUT2D eigenvalue weighted by Gasteiger charge is -2.15. The van der Waals surface area contributed by atoms with Gasteiger partial charge in [-0.2, -0.15) is 8.42 Å². The summed E-state index contributed by atoms with van der Waals surface area (Å²) in [6.07, 6.45) is 2.77. The first-order chi connectivity index (χ1) is 17.1. The van der Waals surface area contributed by atoms with E-state index in [9.17, 15) is 17.8 Å². The molecule has 0 atom stereocenters. The largest absolute Gasteiger partial charge is 0.496 e. The second-order valence-electron chi connectivity index (χ2n) is 7.61. The van der Waals surface area contributed by atoms with Crippen molar-refractivity contribution in [2.75, 3.05) is 33.8 Å². The first-order valence-electron chi connectivity index (χ1n) is 10.7. The standard InChI is InChI=1S/C26H27NO8S/c1-16-12-20(18-8-6-7-9-22(18)33-3)25(36(29,30)31)15-21(16)27-26(28)11-10-19-23(34-4)13-17(32-2)14-24(19)35-5/h6-15H,1-5H3,(H,27,28)(H,29,30,31). The molecular formula is C26H27NO8S. The molecular weight excluding hydrogens is 486 g/mol. The highest BCUT2D eigenvalue weighted by Gasteiger charge is 2.22. The molecule has 3 aromatic carbocycles. The fourth-order valence-corrected chi connectivity index (χ4v) is 4.36. The summed E-state index contributed by atoms with van der Waals surface area (Å²) in [4.78, 5) is 12.4. The van der Waals surface area contributed by atoms with Gasteiger partial charge in [0.05, 0.1) is 34.0 Å². The Balaban J connectivity index is 1.99.